The highest BCUT2D eigenvalue weighted by Gasteiger charge is 2.42. The number of nitrogens with one attached hydrogen (secondary N) is 2. The van der Waals surface area contributed by atoms with Crippen molar-refractivity contribution in [3.05, 3.63) is 249 Å². The molecule has 0 bridgehead atoms. The van der Waals surface area contributed by atoms with E-state index >= 15 is 0 Å². The lowest BCUT2D eigenvalue weighted by molar-refractivity contribution is -0.138. The Morgan fingerprint density at radius 1 is 0.444 bits per heavy atom. The van der Waals surface area contributed by atoms with E-state index in [2.05, 4.69) is 34.3 Å². The number of carboxylic acids is 2. The summed E-state index contributed by atoms with van der Waals surface area (Å²) >= 11 is 2.79. The van der Waals surface area contributed by atoms with Crippen LogP contribution in [0, 0.1) is 23.7 Å². The topological polar surface area (TPSA) is 188 Å². The molecule has 0 aliphatic rings. The van der Waals surface area contributed by atoms with E-state index < -0.39 is 27.4 Å². The minimum atomic E-state index is -1.24. The summed E-state index contributed by atoms with van der Waals surface area (Å²) in [6.45, 7) is 0.798. The molecule has 0 saturated heterocycles. The molecule has 0 aromatic heterocycles. The summed E-state index contributed by atoms with van der Waals surface area (Å²) in [5, 5.41) is 27.8. The van der Waals surface area contributed by atoms with Crippen LogP contribution in [0.25, 0.3) is 0 Å². The molecule has 0 radical (unpaired) electrons. The molecular weight excluding hydrogens is 1170 g/mol. The fourth-order valence-electron chi connectivity index (χ4n) is 10.5. The van der Waals surface area contributed by atoms with E-state index in [-0.39, 0.29) is 55.4 Å². The molecular formula is C74H72N2O12S2. The minimum Gasteiger partial charge on any atom is -0.497 e. The van der Waals surface area contributed by atoms with Gasteiger partial charge < -0.3 is 49.3 Å². The zero-order valence-electron chi connectivity index (χ0n) is 51.1. The van der Waals surface area contributed by atoms with E-state index in [0.717, 1.165) is 33.4 Å². The predicted octanol–water partition coefficient (Wildman–Crippen LogP) is 13.0. The van der Waals surface area contributed by atoms with E-state index in [9.17, 15) is 29.4 Å². The minimum absolute atomic E-state index is 0.0351. The number of carbonyl (C=O) groups excluding carboxylic acids is 2. The lowest BCUT2D eigenvalue weighted by atomic mass is 9.81. The Kier molecular flexibility index (Phi) is 23.9. The second-order valence-electron chi connectivity index (χ2n) is 20.7. The van der Waals surface area contributed by atoms with Gasteiger partial charge in [-0.05, 0) is 117 Å². The maximum absolute atomic E-state index is 14.4. The molecule has 462 valence electrons. The van der Waals surface area contributed by atoms with Gasteiger partial charge in [-0.1, -0.05) is 139 Å². The summed E-state index contributed by atoms with van der Waals surface area (Å²) in [6.07, 6.45) is 0.673. The van der Waals surface area contributed by atoms with Crippen LogP contribution in [0.3, 0.4) is 0 Å². The summed E-state index contributed by atoms with van der Waals surface area (Å²) in [4.78, 5) is 52.7. The number of hydrogen-bond donors (Lipinski definition) is 4. The van der Waals surface area contributed by atoms with Gasteiger partial charge >= 0.3 is 11.9 Å². The first-order valence-corrected chi connectivity index (χ1v) is 31.1. The van der Waals surface area contributed by atoms with Gasteiger partial charge in [-0.2, -0.15) is 0 Å². The van der Waals surface area contributed by atoms with Gasteiger partial charge in [0.15, 0.2) is 0 Å². The molecule has 0 saturated carbocycles. The highest BCUT2D eigenvalue weighted by Crippen LogP contribution is 2.54. The van der Waals surface area contributed by atoms with Crippen molar-refractivity contribution in [3.63, 3.8) is 0 Å². The Morgan fingerprint density at radius 3 is 1.20 bits per heavy atom. The summed E-state index contributed by atoms with van der Waals surface area (Å²) in [7, 11) is 9.38. The molecule has 14 nitrogen and oxygen atoms in total. The quantitative estimate of drug-likeness (QED) is 0.0256. The van der Waals surface area contributed by atoms with Crippen molar-refractivity contribution in [2.45, 2.75) is 60.6 Å². The van der Waals surface area contributed by atoms with Gasteiger partial charge in [0.25, 0.3) is 0 Å². The molecule has 0 aliphatic heterocycles. The molecule has 2 amide bonds. The third-order valence-electron chi connectivity index (χ3n) is 15.2. The number of carboxylic acid groups (broad SMARTS) is 2. The molecule has 2 unspecified atom stereocenters. The van der Waals surface area contributed by atoms with Crippen molar-refractivity contribution >= 4 is 47.3 Å². The first-order chi connectivity index (χ1) is 43.8. The third-order valence-corrected chi connectivity index (χ3v) is 18.4. The highest BCUT2D eigenvalue weighted by atomic mass is 32.2. The summed E-state index contributed by atoms with van der Waals surface area (Å²) in [6, 6.07) is 59.0. The van der Waals surface area contributed by atoms with Crippen LogP contribution in [-0.4, -0.2) is 88.1 Å². The van der Waals surface area contributed by atoms with Crippen molar-refractivity contribution in [3.8, 4) is 58.2 Å². The van der Waals surface area contributed by atoms with Gasteiger partial charge in [0.1, 0.15) is 34.5 Å². The van der Waals surface area contributed by atoms with Gasteiger partial charge in [-0.15, -0.1) is 23.5 Å². The average Bonchev–Trinajstić information content (AvgIpc) is 0.782. The molecule has 4 N–H and O–H groups in total. The summed E-state index contributed by atoms with van der Waals surface area (Å²) in [5.74, 6) is 12.5. The van der Waals surface area contributed by atoms with Gasteiger partial charge in [-0.25, -0.2) is 0 Å². The van der Waals surface area contributed by atoms with Gasteiger partial charge in [-0.3, -0.25) is 19.2 Å². The molecule has 8 rings (SSSR count). The molecule has 0 fully saturated rings. The largest absolute Gasteiger partial charge is 0.497 e. The first-order valence-electron chi connectivity index (χ1n) is 29.1. The summed E-state index contributed by atoms with van der Waals surface area (Å²) in [5.41, 5.74) is 7.79. The SMILES string of the molecule is COc1ccc(C(SCCC(=O)O)(c2ccc(OC)c(C#CCCC(=O)NCc3ccccc3)c2)c2ccc(OC)c(C(CSC(c3ccc(OC)cc3)(c3ccc(OC)cc3)c3ccc(OC)c(C#CCCC(=O)NCc4ccccc4)c3)C(=O)O)c2)cc1. The lowest BCUT2D eigenvalue weighted by Gasteiger charge is -2.37. The third kappa shape index (κ3) is 16.5. The zero-order chi connectivity index (χ0) is 63.9. The maximum Gasteiger partial charge on any atom is 0.311 e. The highest BCUT2D eigenvalue weighted by molar-refractivity contribution is 8.01. The smallest absolute Gasteiger partial charge is 0.311 e. The second kappa shape index (κ2) is 32.5. The lowest BCUT2D eigenvalue weighted by Crippen LogP contribution is -2.29. The number of aliphatic carboxylic acids is 2. The second-order valence-corrected chi connectivity index (χ2v) is 23.2. The first kappa shape index (κ1) is 66.2. The Morgan fingerprint density at radius 2 is 0.822 bits per heavy atom. The van der Waals surface area contributed by atoms with E-state index in [0.29, 0.717) is 75.4 Å². The van der Waals surface area contributed by atoms with Crippen molar-refractivity contribution in [2.24, 2.45) is 0 Å². The normalized spacial score (nSPS) is 11.8. The molecule has 0 spiro atoms. The van der Waals surface area contributed by atoms with E-state index in [1.807, 2.05) is 182 Å². The maximum atomic E-state index is 14.4. The van der Waals surface area contributed by atoms with Crippen LogP contribution in [0.1, 0.15) is 99.2 Å². The Labute approximate surface area is 535 Å². The van der Waals surface area contributed by atoms with Gasteiger partial charge in [0.05, 0.1) is 75.6 Å². The fraction of sp³-hybridized carbons (Fsp3) is 0.243. The van der Waals surface area contributed by atoms with Crippen LogP contribution >= 0.6 is 23.5 Å². The molecule has 8 aromatic carbocycles. The molecule has 8 aromatic rings. The van der Waals surface area contributed by atoms with E-state index in [4.69, 9.17) is 28.4 Å². The van der Waals surface area contributed by atoms with E-state index in [1.54, 1.807) is 41.6 Å². The molecule has 2 atom stereocenters. The predicted molar refractivity (Wildman–Crippen MR) is 354 cm³/mol. The number of thioether (sulfide) groups is 2. The van der Waals surface area contributed by atoms with Gasteiger partial charge in [0, 0.05) is 55.8 Å². The zero-order valence-corrected chi connectivity index (χ0v) is 52.8. The van der Waals surface area contributed by atoms with E-state index in [1.165, 1.54) is 30.6 Å². The Bertz CT molecular complexity index is 3810. The van der Waals surface area contributed by atoms with Crippen LogP contribution in [0.15, 0.2) is 188 Å². The van der Waals surface area contributed by atoms with Crippen LogP contribution in [0.2, 0.25) is 0 Å². The summed E-state index contributed by atoms with van der Waals surface area (Å²) < 4.78 is 32.5. The average molecular weight is 1250 g/mol. The van der Waals surface area contributed by atoms with Gasteiger partial charge in [0.2, 0.25) is 11.8 Å². The number of hydrogen-bond acceptors (Lipinski definition) is 12. The number of rotatable bonds is 29. The number of amides is 2. The Balaban J connectivity index is 1.24. The van der Waals surface area contributed by atoms with Crippen LogP contribution in [0.4, 0.5) is 0 Å². The number of methoxy groups -OCH3 is 6. The molecule has 0 aliphatic carbocycles. The van der Waals surface area contributed by atoms with Crippen molar-refractivity contribution in [1.82, 2.24) is 10.6 Å². The van der Waals surface area contributed by atoms with Crippen LogP contribution in [-0.2, 0) is 41.8 Å². The molecule has 16 heteroatoms. The standard InChI is InChI=1S/C74H72N2O12S2/c1-83-61-34-25-55(26-35-61)73(56-27-36-62(84-2)37-28-56,58-31-40-66(86-4)53(45-58)21-13-15-23-69(77)75-48-51-17-9-7-10-18-51)90-50-65(72(81)82)64-47-60(33-42-68(64)88-6)74(89-44-43-71(79)80,57-29-38-63(85-3)39-30-57)59-32-41-67(87-5)54(46-59)22-14-16-24-70(78)76-49-52-19-11-8-12-20-52/h7-12,17-20,25-42,45-47,65H,15-16,23-24,43-44,48-50H2,1-6H3,(H,75,77)(H,76,78)(H,79,80)(H,81,82). The van der Waals surface area contributed by atoms with Crippen molar-refractivity contribution < 1.29 is 57.8 Å². The fourth-order valence-corrected chi connectivity index (χ4v) is 13.6. The monoisotopic (exact) mass is 1240 g/mol. The molecule has 0 heterocycles. The van der Waals surface area contributed by atoms with Crippen molar-refractivity contribution in [1.29, 1.82) is 0 Å². The number of carbonyl (C=O) groups is 4. The number of ether oxygens (including phenoxy) is 6. The molecule has 90 heavy (non-hydrogen) atoms. The Hall–Kier alpha value is -9.74. The van der Waals surface area contributed by atoms with Crippen molar-refractivity contribution in [2.75, 3.05) is 54.2 Å². The van der Waals surface area contributed by atoms with Crippen LogP contribution in [0.5, 0.6) is 34.5 Å². The number of benzene rings is 8. The van der Waals surface area contributed by atoms with Crippen LogP contribution < -0.4 is 39.1 Å².